The average molecular weight is 431 g/mol. The van der Waals surface area contributed by atoms with E-state index in [0.29, 0.717) is 32.7 Å². The number of nitrogens with zero attached hydrogens (tertiary/aromatic N) is 2. The van der Waals surface area contributed by atoms with Gasteiger partial charge in [-0.3, -0.25) is 9.59 Å². The van der Waals surface area contributed by atoms with Crippen molar-refractivity contribution in [2.45, 2.75) is 47.2 Å². The Hall–Kier alpha value is -2.18. The van der Waals surface area contributed by atoms with E-state index < -0.39 is 0 Å². The number of carbonyl (C=O) groups excluding carboxylic acids is 2. The highest BCUT2D eigenvalue weighted by atomic mass is 32.1. The van der Waals surface area contributed by atoms with Gasteiger partial charge in [0.25, 0.3) is 0 Å². The predicted molar refractivity (Wildman–Crippen MR) is 122 cm³/mol. The molecule has 0 radical (unpaired) electrons. The third-order valence-corrected chi connectivity index (χ3v) is 5.81. The number of thiophene rings is 1. The highest BCUT2D eigenvalue weighted by Gasteiger charge is 2.25. The number of methoxy groups -OCH3 is 1. The number of carbonyl (C=O) groups is 2. The van der Waals surface area contributed by atoms with Gasteiger partial charge in [0.2, 0.25) is 11.8 Å². The van der Waals surface area contributed by atoms with Crippen LogP contribution in [0.2, 0.25) is 0 Å². The van der Waals surface area contributed by atoms with Crippen molar-refractivity contribution in [1.29, 1.82) is 0 Å². The number of amides is 2. The Morgan fingerprint density at radius 1 is 1.00 bits per heavy atom. The lowest BCUT2D eigenvalue weighted by molar-refractivity contribution is -0.142. The van der Waals surface area contributed by atoms with Crippen LogP contribution in [0.15, 0.2) is 41.8 Å². The summed E-state index contributed by atoms with van der Waals surface area (Å²) >= 11 is 1.66. The molecule has 1 aromatic carbocycles. The summed E-state index contributed by atoms with van der Waals surface area (Å²) in [5, 5.41) is 2.05. The maximum atomic E-state index is 13.3. The number of hydrogen-bond donors (Lipinski definition) is 0. The molecule has 0 atom stereocenters. The fourth-order valence-corrected chi connectivity index (χ4v) is 4.02. The van der Waals surface area contributed by atoms with Crippen LogP contribution in [0.1, 0.15) is 43.2 Å². The molecule has 0 aliphatic rings. The second-order valence-corrected chi connectivity index (χ2v) is 9.81. The minimum Gasteiger partial charge on any atom is -0.383 e. The van der Waals surface area contributed by atoms with E-state index in [0.717, 1.165) is 5.56 Å². The molecule has 2 amide bonds. The zero-order chi connectivity index (χ0) is 22.1. The molecular weight excluding hydrogens is 396 g/mol. The van der Waals surface area contributed by atoms with Crippen LogP contribution >= 0.6 is 11.3 Å². The van der Waals surface area contributed by atoms with Crippen LogP contribution in [0.5, 0.6) is 0 Å². The van der Waals surface area contributed by atoms with Crippen LogP contribution in [-0.2, 0) is 27.4 Å². The molecule has 0 fully saturated rings. The Kier molecular flexibility index (Phi) is 9.06. The summed E-state index contributed by atoms with van der Waals surface area (Å²) in [7, 11) is 1.61. The first kappa shape index (κ1) is 24.1. The van der Waals surface area contributed by atoms with E-state index in [4.69, 9.17) is 4.74 Å². The first-order valence-corrected chi connectivity index (χ1v) is 11.2. The lowest BCUT2D eigenvalue weighted by Crippen LogP contribution is -2.44. The molecule has 5 nitrogen and oxygen atoms in total. The molecule has 0 aliphatic carbocycles. The predicted octanol–water partition coefficient (Wildman–Crippen LogP) is 4.50. The molecule has 0 bridgehead atoms. The molecule has 164 valence electrons. The summed E-state index contributed by atoms with van der Waals surface area (Å²) in [5.41, 5.74) is 2.12. The van der Waals surface area contributed by atoms with Crippen molar-refractivity contribution in [3.63, 3.8) is 0 Å². The largest absolute Gasteiger partial charge is 0.383 e. The molecule has 0 N–H and O–H groups in total. The Bertz CT molecular complexity index is 811. The summed E-state index contributed by atoms with van der Waals surface area (Å²) in [6.45, 7) is 10.1. The van der Waals surface area contributed by atoms with Crippen molar-refractivity contribution < 1.29 is 14.3 Å². The van der Waals surface area contributed by atoms with Crippen molar-refractivity contribution in [1.82, 2.24) is 9.80 Å². The number of ether oxygens (including phenoxy) is 1. The lowest BCUT2D eigenvalue weighted by atomic mass is 9.91. The first-order chi connectivity index (χ1) is 14.2. The Labute approximate surface area is 184 Å². The molecule has 2 rings (SSSR count). The van der Waals surface area contributed by atoms with Crippen molar-refractivity contribution >= 4 is 23.2 Å². The van der Waals surface area contributed by atoms with Crippen LogP contribution in [-0.4, -0.2) is 48.4 Å². The standard InChI is InChI=1S/C24H34N2O3S/c1-19-11-14-30-21(19)17-26(16-20-9-7-6-8-10-20)23(28)18-25(12-13-29-5)22(27)15-24(2,3)4/h6-11,14H,12-13,15-18H2,1-5H3. The number of rotatable bonds is 10. The van der Waals surface area contributed by atoms with Gasteiger partial charge in [0.15, 0.2) is 0 Å². The topological polar surface area (TPSA) is 49.9 Å². The second-order valence-electron chi connectivity index (χ2n) is 8.81. The summed E-state index contributed by atoms with van der Waals surface area (Å²) in [6, 6.07) is 12.0. The van der Waals surface area contributed by atoms with Crippen molar-refractivity contribution in [2.75, 3.05) is 26.8 Å². The maximum absolute atomic E-state index is 13.3. The van der Waals surface area contributed by atoms with Gasteiger partial charge < -0.3 is 14.5 Å². The maximum Gasteiger partial charge on any atom is 0.242 e. The third-order valence-electron chi connectivity index (χ3n) is 4.80. The number of benzene rings is 1. The quantitative estimate of drug-likeness (QED) is 0.558. The Balaban J connectivity index is 2.18. The molecule has 0 aliphatic heterocycles. The van der Waals surface area contributed by atoms with Gasteiger partial charge in [-0.25, -0.2) is 0 Å². The van der Waals surface area contributed by atoms with Crippen LogP contribution in [0.4, 0.5) is 0 Å². The summed E-state index contributed by atoms with van der Waals surface area (Å²) in [5.74, 6) is -0.0649. The van der Waals surface area contributed by atoms with Gasteiger partial charge in [-0.1, -0.05) is 51.1 Å². The van der Waals surface area contributed by atoms with Crippen LogP contribution in [0.25, 0.3) is 0 Å². The molecule has 2 aromatic rings. The fraction of sp³-hybridized carbons (Fsp3) is 0.500. The normalized spacial score (nSPS) is 11.4. The van der Waals surface area contributed by atoms with E-state index in [1.807, 2.05) is 61.4 Å². The summed E-state index contributed by atoms with van der Waals surface area (Å²) in [6.07, 6.45) is 0.396. The van der Waals surface area contributed by atoms with Gasteiger partial charge in [0.05, 0.1) is 19.7 Å². The van der Waals surface area contributed by atoms with E-state index in [1.54, 1.807) is 23.3 Å². The van der Waals surface area contributed by atoms with E-state index in [-0.39, 0.29) is 23.8 Å². The molecule has 0 spiro atoms. The minimum atomic E-state index is -0.136. The van der Waals surface area contributed by atoms with Crippen molar-refractivity contribution in [2.24, 2.45) is 5.41 Å². The Morgan fingerprint density at radius 3 is 2.27 bits per heavy atom. The molecule has 0 saturated carbocycles. The minimum absolute atomic E-state index is 0.0140. The van der Waals surface area contributed by atoms with Crippen molar-refractivity contribution in [3.8, 4) is 0 Å². The van der Waals surface area contributed by atoms with Gasteiger partial charge in [-0.2, -0.15) is 0 Å². The van der Waals surface area contributed by atoms with E-state index >= 15 is 0 Å². The smallest absolute Gasteiger partial charge is 0.242 e. The Morgan fingerprint density at radius 2 is 1.70 bits per heavy atom. The summed E-state index contributed by atoms with van der Waals surface area (Å²) < 4.78 is 5.17. The van der Waals surface area contributed by atoms with Crippen LogP contribution in [0, 0.1) is 12.3 Å². The number of hydrogen-bond acceptors (Lipinski definition) is 4. The molecule has 0 saturated heterocycles. The van der Waals surface area contributed by atoms with Gasteiger partial charge in [0, 0.05) is 31.5 Å². The van der Waals surface area contributed by atoms with E-state index in [2.05, 4.69) is 13.0 Å². The van der Waals surface area contributed by atoms with Crippen molar-refractivity contribution in [3.05, 3.63) is 57.8 Å². The average Bonchev–Trinajstić information content (AvgIpc) is 3.08. The number of aryl methyl sites for hydroxylation is 1. The first-order valence-electron chi connectivity index (χ1n) is 10.3. The molecule has 0 unspecified atom stereocenters. The zero-order valence-electron chi connectivity index (χ0n) is 18.8. The van der Waals surface area contributed by atoms with Crippen LogP contribution in [0.3, 0.4) is 0 Å². The van der Waals surface area contributed by atoms with Gasteiger partial charge in [-0.15, -0.1) is 11.3 Å². The second kappa shape index (κ2) is 11.3. The van der Waals surface area contributed by atoms with E-state index in [9.17, 15) is 9.59 Å². The molecule has 1 aromatic heterocycles. The molecule has 6 heteroatoms. The molecule has 30 heavy (non-hydrogen) atoms. The van der Waals surface area contributed by atoms with Gasteiger partial charge in [-0.05, 0) is 34.9 Å². The van der Waals surface area contributed by atoms with Crippen LogP contribution < -0.4 is 0 Å². The lowest BCUT2D eigenvalue weighted by Gasteiger charge is -2.29. The van der Waals surface area contributed by atoms with E-state index in [1.165, 1.54) is 10.4 Å². The van der Waals surface area contributed by atoms with Gasteiger partial charge in [0.1, 0.15) is 0 Å². The highest BCUT2D eigenvalue weighted by molar-refractivity contribution is 7.10. The SMILES string of the molecule is COCCN(CC(=O)N(Cc1ccccc1)Cc1sccc1C)C(=O)CC(C)(C)C. The zero-order valence-corrected chi connectivity index (χ0v) is 19.6. The van der Waals surface area contributed by atoms with Gasteiger partial charge >= 0.3 is 0 Å². The summed E-state index contributed by atoms with van der Waals surface area (Å²) in [4.78, 5) is 30.8. The third kappa shape index (κ3) is 7.92. The molecule has 1 heterocycles. The monoisotopic (exact) mass is 430 g/mol. The fourth-order valence-electron chi connectivity index (χ4n) is 3.10. The highest BCUT2D eigenvalue weighted by Crippen LogP contribution is 2.21. The molecular formula is C24H34N2O3S.